The van der Waals surface area contributed by atoms with Gasteiger partial charge in [-0.15, -0.1) is 0 Å². The molecular formula is C12H11NO4. The number of hydrogen-bond acceptors (Lipinski definition) is 4. The quantitative estimate of drug-likeness (QED) is 0.855. The van der Waals surface area contributed by atoms with Gasteiger partial charge in [0, 0.05) is 6.42 Å². The average molecular weight is 233 g/mol. The zero-order valence-electron chi connectivity index (χ0n) is 9.28. The summed E-state index contributed by atoms with van der Waals surface area (Å²) in [6.45, 7) is 2.07. The molecule has 5 nitrogen and oxygen atoms in total. The predicted octanol–water partition coefficient (Wildman–Crippen LogP) is 1.60. The highest BCUT2D eigenvalue weighted by Crippen LogP contribution is 2.32. The van der Waals surface area contributed by atoms with Gasteiger partial charge in [0.25, 0.3) is 0 Å². The van der Waals surface area contributed by atoms with Gasteiger partial charge in [0.15, 0.2) is 11.5 Å². The summed E-state index contributed by atoms with van der Waals surface area (Å²) in [4.78, 5) is 11.4. The average Bonchev–Trinajstić information content (AvgIpc) is 2.90. The van der Waals surface area contributed by atoms with Gasteiger partial charge in [0.2, 0.25) is 6.79 Å². The number of aryl methyl sites for hydroxylation is 1. The molecule has 0 unspecified atom stereocenters. The van der Waals surface area contributed by atoms with Gasteiger partial charge in [-0.25, -0.2) is 9.95 Å². The second-order valence-corrected chi connectivity index (χ2v) is 3.96. The van der Waals surface area contributed by atoms with E-state index >= 15 is 0 Å². The maximum absolute atomic E-state index is 11.4. The van der Waals surface area contributed by atoms with Crippen LogP contribution in [0.25, 0.3) is 0 Å². The molecule has 1 aromatic carbocycles. The molecule has 1 N–H and O–H groups in total. The fraction of sp³-hybridized carbons (Fsp3) is 0.250. The molecule has 0 saturated carbocycles. The van der Waals surface area contributed by atoms with Crippen LogP contribution in [0.3, 0.4) is 0 Å². The van der Waals surface area contributed by atoms with E-state index in [2.05, 4.69) is 5.16 Å². The van der Waals surface area contributed by atoms with Crippen LogP contribution in [-0.4, -0.2) is 11.9 Å². The number of aromatic amines is 1. The van der Waals surface area contributed by atoms with Crippen LogP contribution in [0.5, 0.6) is 11.5 Å². The summed E-state index contributed by atoms with van der Waals surface area (Å²) in [5, 5.41) is 2.57. The molecule has 5 heteroatoms. The summed E-state index contributed by atoms with van der Waals surface area (Å²) >= 11 is 0. The lowest BCUT2D eigenvalue weighted by Gasteiger charge is -2.01. The van der Waals surface area contributed by atoms with Crippen LogP contribution in [0.2, 0.25) is 0 Å². The van der Waals surface area contributed by atoms with Crippen molar-refractivity contribution in [1.29, 1.82) is 0 Å². The summed E-state index contributed by atoms with van der Waals surface area (Å²) in [5.74, 6) is 1.46. The topological polar surface area (TPSA) is 64.5 Å². The fourth-order valence-electron chi connectivity index (χ4n) is 1.86. The highest BCUT2D eigenvalue weighted by molar-refractivity contribution is 5.45. The minimum Gasteiger partial charge on any atom is -0.454 e. The normalized spacial score (nSPS) is 13.0. The lowest BCUT2D eigenvalue weighted by atomic mass is 10.1. The van der Waals surface area contributed by atoms with Crippen LogP contribution < -0.4 is 15.1 Å². The lowest BCUT2D eigenvalue weighted by molar-refractivity contribution is 0.174. The van der Waals surface area contributed by atoms with Gasteiger partial charge in [0.1, 0.15) is 0 Å². The SMILES string of the molecule is Cc1[nH]oc(=O)c1Cc1ccc2c(c1)OCO2. The van der Waals surface area contributed by atoms with Crippen LogP contribution >= 0.6 is 0 Å². The Morgan fingerprint density at radius 3 is 2.88 bits per heavy atom. The minimum atomic E-state index is -0.319. The van der Waals surface area contributed by atoms with E-state index in [0.717, 1.165) is 22.8 Å². The standard InChI is InChI=1S/C12H11NO4/c1-7-9(12(14)17-13-7)4-8-2-3-10-11(5-8)16-6-15-10/h2-3,5,13H,4,6H2,1H3. The molecule has 0 saturated heterocycles. The van der Waals surface area contributed by atoms with E-state index in [1.165, 1.54) is 0 Å². The number of hydrogen-bond donors (Lipinski definition) is 1. The molecule has 0 bridgehead atoms. The van der Waals surface area contributed by atoms with Crippen molar-refractivity contribution in [2.24, 2.45) is 0 Å². The van der Waals surface area contributed by atoms with Crippen molar-refractivity contribution in [2.75, 3.05) is 6.79 Å². The number of aromatic nitrogens is 1. The summed E-state index contributed by atoms with van der Waals surface area (Å²) in [5.41, 5.74) is 2.07. The Bertz CT molecular complexity index is 611. The van der Waals surface area contributed by atoms with E-state index in [-0.39, 0.29) is 12.4 Å². The smallest absolute Gasteiger partial charge is 0.360 e. The number of H-pyrrole nitrogens is 1. The Labute approximate surface area is 96.9 Å². The fourth-order valence-corrected chi connectivity index (χ4v) is 1.86. The van der Waals surface area contributed by atoms with Crippen molar-refractivity contribution >= 4 is 0 Å². The Hall–Kier alpha value is -2.17. The first-order valence-corrected chi connectivity index (χ1v) is 5.29. The molecule has 0 spiro atoms. The molecule has 3 rings (SSSR count). The van der Waals surface area contributed by atoms with Gasteiger partial charge >= 0.3 is 5.63 Å². The van der Waals surface area contributed by atoms with E-state index < -0.39 is 0 Å². The Morgan fingerprint density at radius 1 is 1.29 bits per heavy atom. The van der Waals surface area contributed by atoms with Crippen molar-refractivity contribution in [3.05, 3.63) is 45.4 Å². The third-order valence-electron chi connectivity index (χ3n) is 2.81. The van der Waals surface area contributed by atoms with Gasteiger partial charge in [-0.3, -0.25) is 0 Å². The zero-order valence-corrected chi connectivity index (χ0v) is 9.28. The zero-order chi connectivity index (χ0) is 11.8. The van der Waals surface area contributed by atoms with Crippen LogP contribution in [-0.2, 0) is 6.42 Å². The maximum Gasteiger partial charge on any atom is 0.360 e. The maximum atomic E-state index is 11.4. The molecular weight excluding hydrogens is 222 g/mol. The second kappa shape index (κ2) is 3.69. The van der Waals surface area contributed by atoms with E-state index in [1.54, 1.807) is 0 Å². The molecule has 0 fully saturated rings. The molecule has 2 aromatic rings. The van der Waals surface area contributed by atoms with Gasteiger partial charge in [-0.1, -0.05) is 6.07 Å². The molecule has 0 aliphatic carbocycles. The largest absolute Gasteiger partial charge is 0.454 e. The molecule has 1 aromatic heterocycles. The van der Waals surface area contributed by atoms with E-state index in [0.29, 0.717) is 12.0 Å². The van der Waals surface area contributed by atoms with Gasteiger partial charge in [0.05, 0.1) is 11.3 Å². The van der Waals surface area contributed by atoms with E-state index in [1.807, 2.05) is 25.1 Å². The van der Waals surface area contributed by atoms with Gasteiger partial charge < -0.3 is 14.0 Å². The minimum absolute atomic E-state index is 0.254. The number of nitrogens with one attached hydrogen (secondary N) is 1. The predicted molar refractivity (Wildman–Crippen MR) is 59.4 cm³/mol. The molecule has 0 amide bonds. The highest BCUT2D eigenvalue weighted by atomic mass is 16.7. The second-order valence-electron chi connectivity index (χ2n) is 3.96. The molecule has 1 aliphatic heterocycles. The summed E-state index contributed by atoms with van der Waals surface area (Å²) in [6.07, 6.45) is 0.522. The van der Waals surface area contributed by atoms with Gasteiger partial charge in [-0.05, 0) is 24.6 Å². The highest BCUT2D eigenvalue weighted by Gasteiger charge is 2.15. The van der Waals surface area contributed by atoms with Gasteiger partial charge in [-0.2, -0.15) is 0 Å². The Kier molecular flexibility index (Phi) is 2.18. The third kappa shape index (κ3) is 1.69. The first-order chi connectivity index (χ1) is 8.24. The molecule has 17 heavy (non-hydrogen) atoms. The monoisotopic (exact) mass is 233 g/mol. The number of fused-ring (bicyclic) bond motifs is 1. The molecule has 2 heterocycles. The Morgan fingerprint density at radius 2 is 2.12 bits per heavy atom. The number of benzene rings is 1. The number of ether oxygens (including phenoxy) is 2. The molecule has 88 valence electrons. The first kappa shape index (κ1) is 10.0. The third-order valence-corrected chi connectivity index (χ3v) is 2.81. The lowest BCUT2D eigenvalue weighted by Crippen LogP contribution is -2.03. The van der Waals surface area contributed by atoms with Crippen molar-refractivity contribution in [1.82, 2.24) is 5.16 Å². The van der Waals surface area contributed by atoms with Crippen LogP contribution in [0.15, 0.2) is 27.5 Å². The number of rotatable bonds is 2. The van der Waals surface area contributed by atoms with E-state index in [9.17, 15) is 4.79 Å². The first-order valence-electron chi connectivity index (χ1n) is 5.29. The Balaban J connectivity index is 1.94. The van der Waals surface area contributed by atoms with E-state index in [4.69, 9.17) is 14.0 Å². The summed E-state index contributed by atoms with van der Waals surface area (Å²) in [7, 11) is 0. The van der Waals surface area contributed by atoms with Crippen molar-refractivity contribution < 1.29 is 14.0 Å². The summed E-state index contributed by atoms with van der Waals surface area (Å²) in [6, 6.07) is 5.65. The summed E-state index contributed by atoms with van der Waals surface area (Å²) < 4.78 is 15.2. The molecule has 0 radical (unpaired) electrons. The van der Waals surface area contributed by atoms with Crippen molar-refractivity contribution in [2.45, 2.75) is 13.3 Å². The molecule has 1 aliphatic rings. The van der Waals surface area contributed by atoms with Crippen LogP contribution in [0, 0.1) is 6.92 Å². The van der Waals surface area contributed by atoms with Crippen LogP contribution in [0.1, 0.15) is 16.8 Å². The molecule has 0 atom stereocenters. The van der Waals surface area contributed by atoms with Crippen LogP contribution in [0.4, 0.5) is 0 Å². The van der Waals surface area contributed by atoms with Crippen molar-refractivity contribution in [3.8, 4) is 11.5 Å². The van der Waals surface area contributed by atoms with Crippen molar-refractivity contribution in [3.63, 3.8) is 0 Å².